The fourth-order valence-electron chi connectivity index (χ4n) is 1.37. The lowest BCUT2D eigenvalue weighted by Gasteiger charge is -2.25. The fourth-order valence-corrected chi connectivity index (χ4v) is 1.37. The molecule has 13 heavy (non-hydrogen) atoms. The van der Waals surface area contributed by atoms with Crippen LogP contribution in [0.1, 0.15) is 19.3 Å². The normalized spacial score (nSPS) is 22.0. The van der Waals surface area contributed by atoms with Gasteiger partial charge in [0.15, 0.2) is 0 Å². The van der Waals surface area contributed by atoms with E-state index in [0.29, 0.717) is 6.61 Å². The minimum atomic E-state index is -0.313. The van der Waals surface area contributed by atoms with Crippen LogP contribution in [-0.2, 0) is 9.53 Å². The summed E-state index contributed by atoms with van der Waals surface area (Å²) in [5.41, 5.74) is 0. The van der Waals surface area contributed by atoms with Crippen molar-refractivity contribution in [2.45, 2.75) is 25.4 Å². The van der Waals surface area contributed by atoms with Crippen molar-refractivity contribution in [2.24, 2.45) is 0 Å². The lowest BCUT2D eigenvalue weighted by molar-refractivity contribution is -0.144. The molecule has 0 aromatic heterocycles. The number of amides is 1. The minimum Gasteiger partial charge on any atom is -0.368 e. The lowest BCUT2D eigenvalue weighted by atomic mass is 10.1. The van der Waals surface area contributed by atoms with E-state index in [1.54, 1.807) is 7.05 Å². The Kier molecular flexibility index (Phi) is 3.71. The van der Waals surface area contributed by atoms with Crippen LogP contribution < -0.4 is 0 Å². The third kappa shape index (κ3) is 2.71. The first-order chi connectivity index (χ1) is 6.25. The number of nitriles is 1. The standard InChI is InChI=1S/C9H14N2O2/c1-11(6-5-10)9(12)8-4-2-3-7-13-8/h8H,2-4,6-7H2,1H3. The Morgan fingerprint density at radius 1 is 1.69 bits per heavy atom. The summed E-state index contributed by atoms with van der Waals surface area (Å²) in [5, 5.41) is 8.40. The molecular weight excluding hydrogens is 168 g/mol. The SMILES string of the molecule is CN(CC#N)C(=O)C1CCCCO1. The largest absolute Gasteiger partial charge is 0.368 e. The minimum absolute atomic E-state index is 0.0683. The topological polar surface area (TPSA) is 53.3 Å². The van der Waals surface area contributed by atoms with Crippen molar-refractivity contribution in [3.63, 3.8) is 0 Å². The predicted octanol–water partition coefficient (Wildman–Crippen LogP) is 0.537. The van der Waals surface area contributed by atoms with E-state index >= 15 is 0 Å². The quantitative estimate of drug-likeness (QED) is 0.585. The summed E-state index contributed by atoms with van der Waals surface area (Å²) in [6.45, 7) is 0.801. The average Bonchev–Trinajstić information content (AvgIpc) is 2.18. The molecule has 0 saturated carbocycles. The van der Waals surface area contributed by atoms with Gasteiger partial charge in [-0.1, -0.05) is 0 Å². The van der Waals surface area contributed by atoms with E-state index in [9.17, 15) is 4.79 Å². The van der Waals surface area contributed by atoms with E-state index < -0.39 is 0 Å². The molecule has 0 N–H and O–H groups in total. The maximum Gasteiger partial charge on any atom is 0.252 e. The van der Waals surface area contributed by atoms with Crippen molar-refractivity contribution < 1.29 is 9.53 Å². The highest BCUT2D eigenvalue weighted by Gasteiger charge is 2.24. The highest BCUT2D eigenvalue weighted by atomic mass is 16.5. The van der Waals surface area contributed by atoms with E-state index in [2.05, 4.69) is 0 Å². The number of carbonyl (C=O) groups is 1. The predicted molar refractivity (Wildman–Crippen MR) is 46.8 cm³/mol. The molecule has 0 aromatic rings. The Labute approximate surface area is 78.1 Å². The Morgan fingerprint density at radius 3 is 3.00 bits per heavy atom. The third-order valence-corrected chi connectivity index (χ3v) is 2.14. The first-order valence-corrected chi connectivity index (χ1v) is 4.49. The Bertz CT molecular complexity index is 216. The van der Waals surface area contributed by atoms with Crippen LogP contribution >= 0.6 is 0 Å². The molecule has 0 spiro atoms. The number of rotatable bonds is 2. The average molecular weight is 182 g/mol. The third-order valence-electron chi connectivity index (χ3n) is 2.14. The Balaban J connectivity index is 2.41. The smallest absolute Gasteiger partial charge is 0.252 e. The molecule has 1 heterocycles. The van der Waals surface area contributed by atoms with Gasteiger partial charge in [-0.3, -0.25) is 4.79 Å². The van der Waals surface area contributed by atoms with Crippen molar-refractivity contribution in [3.8, 4) is 6.07 Å². The number of likely N-dealkylation sites (N-methyl/N-ethyl adjacent to an activating group) is 1. The molecule has 0 bridgehead atoms. The van der Waals surface area contributed by atoms with Crippen molar-refractivity contribution in [2.75, 3.05) is 20.2 Å². The van der Waals surface area contributed by atoms with Gasteiger partial charge in [0.2, 0.25) is 0 Å². The summed E-state index contributed by atoms with van der Waals surface area (Å²) < 4.78 is 5.31. The van der Waals surface area contributed by atoms with Crippen molar-refractivity contribution in [3.05, 3.63) is 0 Å². The summed E-state index contributed by atoms with van der Waals surface area (Å²) >= 11 is 0. The first kappa shape index (κ1) is 10.0. The van der Waals surface area contributed by atoms with E-state index in [1.807, 2.05) is 6.07 Å². The van der Waals surface area contributed by atoms with Gasteiger partial charge in [0.1, 0.15) is 12.6 Å². The maximum atomic E-state index is 11.5. The summed E-state index contributed by atoms with van der Waals surface area (Å²) in [5.74, 6) is -0.0683. The fraction of sp³-hybridized carbons (Fsp3) is 0.778. The molecule has 1 amide bonds. The van der Waals surface area contributed by atoms with Crippen LogP contribution in [0.2, 0.25) is 0 Å². The molecule has 4 heteroatoms. The molecule has 1 unspecified atom stereocenters. The Morgan fingerprint density at radius 2 is 2.46 bits per heavy atom. The van der Waals surface area contributed by atoms with E-state index in [4.69, 9.17) is 10.00 Å². The second kappa shape index (κ2) is 4.83. The van der Waals surface area contributed by atoms with Crippen LogP contribution in [0.5, 0.6) is 0 Å². The zero-order chi connectivity index (χ0) is 9.68. The van der Waals surface area contributed by atoms with Gasteiger partial charge in [-0.15, -0.1) is 0 Å². The van der Waals surface area contributed by atoms with E-state index in [0.717, 1.165) is 19.3 Å². The van der Waals surface area contributed by atoms with Gasteiger partial charge in [0, 0.05) is 13.7 Å². The van der Waals surface area contributed by atoms with Gasteiger partial charge < -0.3 is 9.64 Å². The molecule has 1 atom stereocenters. The zero-order valence-electron chi connectivity index (χ0n) is 7.82. The summed E-state index contributed by atoms with van der Waals surface area (Å²) in [4.78, 5) is 13.0. The molecule has 4 nitrogen and oxygen atoms in total. The molecule has 1 rings (SSSR count). The number of carbonyl (C=O) groups excluding carboxylic acids is 1. The lowest BCUT2D eigenvalue weighted by Crippen LogP contribution is -2.39. The highest BCUT2D eigenvalue weighted by molar-refractivity contribution is 5.80. The molecule has 72 valence electrons. The van der Waals surface area contributed by atoms with Crippen LogP contribution in [0.15, 0.2) is 0 Å². The molecule has 1 fully saturated rings. The second-order valence-electron chi connectivity index (χ2n) is 3.21. The number of hydrogen-bond acceptors (Lipinski definition) is 3. The van der Waals surface area contributed by atoms with Crippen LogP contribution in [0.3, 0.4) is 0 Å². The van der Waals surface area contributed by atoms with E-state index in [-0.39, 0.29) is 18.6 Å². The summed E-state index contributed by atoms with van der Waals surface area (Å²) in [6, 6.07) is 1.94. The number of ether oxygens (including phenoxy) is 1. The molecule has 0 radical (unpaired) electrons. The maximum absolute atomic E-state index is 11.5. The molecule has 0 aromatic carbocycles. The van der Waals surface area contributed by atoms with Gasteiger partial charge in [0.05, 0.1) is 6.07 Å². The number of nitrogens with zero attached hydrogens (tertiary/aromatic N) is 2. The number of hydrogen-bond donors (Lipinski definition) is 0. The van der Waals surface area contributed by atoms with Crippen molar-refractivity contribution in [1.82, 2.24) is 4.90 Å². The van der Waals surface area contributed by atoms with Crippen LogP contribution in [0.25, 0.3) is 0 Å². The molecular formula is C9H14N2O2. The second-order valence-corrected chi connectivity index (χ2v) is 3.21. The van der Waals surface area contributed by atoms with Gasteiger partial charge in [0.25, 0.3) is 5.91 Å². The molecule has 1 saturated heterocycles. The molecule has 1 aliphatic heterocycles. The van der Waals surface area contributed by atoms with Crippen LogP contribution in [0.4, 0.5) is 0 Å². The first-order valence-electron chi connectivity index (χ1n) is 4.49. The van der Waals surface area contributed by atoms with E-state index in [1.165, 1.54) is 4.90 Å². The van der Waals surface area contributed by atoms with Gasteiger partial charge >= 0.3 is 0 Å². The summed E-state index contributed by atoms with van der Waals surface area (Å²) in [7, 11) is 1.63. The monoisotopic (exact) mass is 182 g/mol. The highest BCUT2D eigenvalue weighted by Crippen LogP contribution is 2.14. The Hall–Kier alpha value is -1.08. The van der Waals surface area contributed by atoms with Crippen molar-refractivity contribution in [1.29, 1.82) is 5.26 Å². The zero-order valence-corrected chi connectivity index (χ0v) is 7.82. The van der Waals surface area contributed by atoms with Crippen molar-refractivity contribution >= 4 is 5.91 Å². The molecule has 1 aliphatic rings. The van der Waals surface area contributed by atoms with Crippen LogP contribution in [0, 0.1) is 11.3 Å². The van der Waals surface area contributed by atoms with Gasteiger partial charge in [-0.05, 0) is 19.3 Å². The summed E-state index contributed by atoms with van der Waals surface area (Å²) in [6.07, 6.45) is 2.55. The van der Waals surface area contributed by atoms with Gasteiger partial charge in [-0.25, -0.2) is 0 Å². The molecule has 0 aliphatic carbocycles. The van der Waals surface area contributed by atoms with Crippen LogP contribution in [-0.4, -0.2) is 37.1 Å². The van der Waals surface area contributed by atoms with Gasteiger partial charge in [-0.2, -0.15) is 5.26 Å².